The molecule has 0 spiro atoms. The molecule has 3 rings (SSSR count). The summed E-state index contributed by atoms with van der Waals surface area (Å²) in [6, 6.07) is 14.5. The fraction of sp³-hybridized carbons (Fsp3) is 0.462. The minimum atomic E-state index is -0.894. The Morgan fingerprint density at radius 3 is 2.34 bits per heavy atom. The first-order valence-corrected chi connectivity index (χ1v) is 11.5. The van der Waals surface area contributed by atoms with Crippen LogP contribution in [0.15, 0.2) is 47.6 Å². The number of oxime groups is 1. The second kappa shape index (κ2) is 11.7. The Balaban J connectivity index is 1.38. The monoisotopic (exact) mass is 437 g/mol. The molecule has 1 fully saturated rings. The minimum Gasteiger partial charge on any atom is -0.481 e. The lowest BCUT2D eigenvalue weighted by atomic mass is 10.0. The van der Waals surface area contributed by atoms with Gasteiger partial charge in [-0.25, -0.2) is 0 Å². The third-order valence-electron chi connectivity index (χ3n) is 6.46. The summed E-state index contributed by atoms with van der Waals surface area (Å²) in [5.74, 6) is -0.894. The Morgan fingerprint density at radius 1 is 0.969 bits per heavy atom. The lowest BCUT2D eigenvalue weighted by Gasteiger charge is -2.37. The van der Waals surface area contributed by atoms with Gasteiger partial charge in [0.05, 0.1) is 12.1 Å². The topological polar surface area (TPSA) is 76.4 Å². The van der Waals surface area contributed by atoms with Crippen LogP contribution in [0.25, 0.3) is 0 Å². The van der Waals surface area contributed by atoms with Crippen LogP contribution < -0.4 is 4.90 Å². The van der Waals surface area contributed by atoms with Gasteiger partial charge in [0.15, 0.2) is 0 Å². The summed E-state index contributed by atoms with van der Waals surface area (Å²) >= 11 is 0. The largest absolute Gasteiger partial charge is 0.481 e. The first-order chi connectivity index (χ1) is 15.5. The molecule has 0 bridgehead atoms. The van der Waals surface area contributed by atoms with E-state index < -0.39 is 5.97 Å². The van der Waals surface area contributed by atoms with E-state index in [0.29, 0.717) is 5.71 Å². The number of hydrogen-bond donors (Lipinski definition) is 2. The molecule has 2 aromatic carbocycles. The smallest absolute Gasteiger partial charge is 0.303 e. The van der Waals surface area contributed by atoms with Crippen molar-refractivity contribution >= 4 is 17.4 Å². The zero-order valence-electron chi connectivity index (χ0n) is 19.3. The van der Waals surface area contributed by atoms with Crippen LogP contribution >= 0.6 is 0 Å². The second-order valence-electron chi connectivity index (χ2n) is 8.64. The molecule has 1 aliphatic rings. The normalized spacial score (nSPS) is 15.2. The van der Waals surface area contributed by atoms with Crippen molar-refractivity contribution in [3.8, 4) is 0 Å². The third kappa shape index (κ3) is 6.57. The number of nitrogens with zero attached hydrogens (tertiary/aromatic N) is 3. The van der Waals surface area contributed by atoms with E-state index in [4.69, 9.17) is 10.3 Å². The van der Waals surface area contributed by atoms with E-state index in [0.717, 1.165) is 51.1 Å². The van der Waals surface area contributed by atoms with Crippen molar-refractivity contribution in [1.82, 2.24) is 4.90 Å². The van der Waals surface area contributed by atoms with Crippen molar-refractivity contribution in [2.75, 3.05) is 37.6 Å². The molecular weight excluding hydrogens is 402 g/mol. The predicted octanol–water partition coefficient (Wildman–Crippen LogP) is 4.49. The lowest BCUT2D eigenvalue weighted by molar-refractivity contribution is -0.136. The number of carbonyl (C=O) groups is 1. The first kappa shape index (κ1) is 23.8. The van der Waals surface area contributed by atoms with Gasteiger partial charge in [-0.05, 0) is 68.0 Å². The number of unbranched alkanes of at least 4 members (excludes halogenated alkanes) is 1. The summed E-state index contributed by atoms with van der Waals surface area (Å²) in [6.07, 6.45) is 3.51. The summed E-state index contributed by atoms with van der Waals surface area (Å²) in [4.78, 5) is 15.8. The molecule has 0 saturated carbocycles. The Morgan fingerprint density at radius 2 is 1.69 bits per heavy atom. The molecule has 6 heteroatoms. The predicted molar refractivity (Wildman–Crippen MR) is 129 cm³/mol. The quantitative estimate of drug-likeness (QED) is 0.248. The van der Waals surface area contributed by atoms with Crippen LogP contribution in [-0.4, -0.2) is 59.6 Å². The summed E-state index contributed by atoms with van der Waals surface area (Å²) in [5, 5.41) is 21.2. The molecule has 0 atom stereocenters. The lowest BCUT2D eigenvalue weighted by Crippen LogP contribution is -2.46. The van der Waals surface area contributed by atoms with E-state index in [9.17, 15) is 4.79 Å². The SMILES string of the molecule is Cc1cccc(N2CCN(CCCCc3ccc(/C(CCC(=O)O)=N\O)cc3)CC2)c1C. The molecule has 1 heterocycles. The summed E-state index contributed by atoms with van der Waals surface area (Å²) in [7, 11) is 0. The van der Waals surface area contributed by atoms with Gasteiger partial charge in [0, 0.05) is 38.3 Å². The molecule has 32 heavy (non-hydrogen) atoms. The van der Waals surface area contributed by atoms with Gasteiger partial charge in [0.2, 0.25) is 0 Å². The highest BCUT2D eigenvalue weighted by atomic mass is 16.4. The third-order valence-corrected chi connectivity index (χ3v) is 6.46. The molecule has 1 saturated heterocycles. The van der Waals surface area contributed by atoms with Crippen LogP contribution in [0.2, 0.25) is 0 Å². The molecule has 0 amide bonds. The van der Waals surface area contributed by atoms with Gasteiger partial charge in [0.1, 0.15) is 0 Å². The molecule has 2 N–H and O–H groups in total. The number of hydrogen-bond acceptors (Lipinski definition) is 5. The Labute approximate surface area is 191 Å². The van der Waals surface area contributed by atoms with Gasteiger partial charge in [-0.1, -0.05) is 41.6 Å². The second-order valence-corrected chi connectivity index (χ2v) is 8.64. The van der Waals surface area contributed by atoms with Crippen molar-refractivity contribution in [3.63, 3.8) is 0 Å². The van der Waals surface area contributed by atoms with Crippen LogP contribution in [0, 0.1) is 13.8 Å². The minimum absolute atomic E-state index is 0.0417. The van der Waals surface area contributed by atoms with E-state index in [2.05, 4.69) is 47.0 Å². The van der Waals surface area contributed by atoms with Crippen molar-refractivity contribution < 1.29 is 15.1 Å². The number of aliphatic carboxylic acids is 1. The van der Waals surface area contributed by atoms with Crippen LogP contribution in [0.5, 0.6) is 0 Å². The molecule has 0 unspecified atom stereocenters. The maximum absolute atomic E-state index is 10.7. The number of anilines is 1. The van der Waals surface area contributed by atoms with Crippen molar-refractivity contribution in [1.29, 1.82) is 0 Å². The molecule has 2 aromatic rings. The van der Waals surface area contributed by atoms with Crippen molar-refractivity contribution in [2.45, 2.75) is 46.0 Å². The van der Waals surface area contributed by atoms with Gasteiger partial charge < -0.3 is 15.2 Å². The van der Waals surface area contributed by atoms with E-state index in [1.807, 2.05) is 24.3 Å². The molecule has 0 radical (unpaired) electrons. The number of rotatable bonds is 10. The average Bonchev–Trinajstić information content (AvgIpc) is 2.80. The fourth-order valence-electron chi connectivity index (χ4n) is 4.30. The fourth-order valence-corrected chi connectivity index (χ4v) is 4.30. The van der Waals surface area contributed by atoms with Crippen molar-refractivity contribution in [2.24, 2.45) is 5.16 Å². The highest BCUT2D eigenvalue weighted by molar-refractivity contribution is 6.01. The maximum Gasteiger partial charge on any atom is 0.303 e. The zero-order valence-corrected chi connectivity index (χ0v) is 19.3. The Kier molecular flexibility index (Phi) is 8.68. The number of benzene rings is 2. The highest BCUT2D eigenvalue weighted by Crippen LogP contribution is 2.24. The van der Waals surface area contributed by atoms with Gasteiger partial charge in [-0.2, -0.15) is 0 Å². The summed E-state index contributed by atoms with van der Waals surface area (Å²) < 4.78 is 0. The molecule has 1 aliphatic heterocycles. The molecule has 6 nitrogen and oxygen atoms in total. The van der Waals surface area contributed by atoms with Gasteiger partial charge in [-0.3, -0.25) is 9.69 Å². The number of aryl methyl sites for hydroxylation is 2. The van der Waals surface area contributed by atoms with Gasteiger partial charge >= 0.3 is 5.97 Å². The standard InChI is InChI=1S/C26H35N3O3/c1-20-6-5-8-25(21(20)2)29-18-16-28(17-19-29)15-4-3-7-22-9-11-23(12-10-22)24(27-32)13-14-26(30)31/h5-6,8-12,32H,3-4,7,13-19H2,1-2H3,(H,30,31)/b27-24-. The first-order valence-electron chi connectivity index (χ1n) is 11.5. The van der Waals surface area contributed by atoms with Crippen LogP contribution in [0.1, 0.15) is 47.9 Å². The van der Waals surface area contributed by atoms with E-state index in [-0.39, 0.29) is 12.8 Å². The van der Waals surface area contributed by atoms with E-state index >= 15 is 0 Å². The molecular formula is C26H35N3O3. The number of carboxylic acid groups (broad SMARTS) is 1. The zero-order chi connectivity index (χ0) is 22.9. The number of carboxylic acids is 1. The molecule has 0 aliphatic carbocycles. The Bertz CT molecular complexity index is 916. The highest BCUT2D eigenvalue weighted by Gasteiger charge is 2.18. The van der Waals surface area contributed by atoms with Crippen LogP contribution in [0.3, 0.4) is 0 Å². The summed E-state index contributed by atoms with van der Waals surface area (Å²) in [6.45, 7) is 9.93. The van der Waals surface area contributed by atoms with Crippen molar-refractivity contribution in [3.05, 3.63) is 64.7 Å². The van der Waals surface area contributed by atoms with Gasteiger partial charge in [0.25, 0.3) is 0 Å². The van der Waals surface area contributed by atoms with E-state index in [1.54, 1.807) is 0 Å². The number of piperazine rings is 1. The van der Waals surface area contributed by atoms with E-state index in [1.165, 1.54) is 28.8 Å². The van der Waals surface area contributed by atoms with Crippen LogP contribution in [-0.2, 0) is 11.2 Å². The Hall–Kier alpha value is -2.86. The molecule has 172 valence electrons. The van der Waals surface area contributed by atoms with Gasteiger partial charge in [-0.15, -0.1) is 0 Å². The maximum atomic E-state index is 10.7. The summed E-state index contributed by atoms with van der Waals surface area (Å²) in [5.41, 5.74) is 6.58. The average molecular weight is 438 g/mol. The molecule has 0 aromatic heterocycles. The van der Waals surface area contributed by atoms with Crippen LogP contribution in [0.4, 0.5) is 5.69 Å².